The molecule has 2 amide bonds. The second-order valence-corrected chi connectivity index (χ2v) is 7.27. The van der Waals surface area contributed by atoms with Gasteiger partial charge in [0.15, 0.2) is 23.9 Å². The summed E-state index contributed by atoms with van der Waals surface area (Å²) in [4.78, 5) is 50.9. The Morgan fingerprint density at radius 3 is 2.34 bits per heavy atom. The van der Waals surface area contributed by atoms with Crippen molar-refractivity contribution in [1.29, 1.82) is 0 Å². The van der Waals surface area contributed by atoms with Crippen LogP contribution in [0.25, 0.3) is 0 Å². The number of rotatable bonds is 5. The molecule has 1 saturated heterocycles. The van der Waals surface area contributed by atoms with E-state index in [1.807, 2.05) is 12.2 Å². The minimum Gasteiger partial charge on any atom is -0.486 e. The van der Waals surface area contributed by atoms with Crippen LogP contribution in [-0.4, -0.2) is 54.3 Å². The lowest BCUT2D eigenvalue weighted by Crippen LogP contribution is -2.44. The fourth-order valence-corrected chi connectivity index (χ4v) is 3.87. The summed E-state index contributed by atoms with van der Waals surface area (Å²) in [6, 6.07) is 3.66. The lowest BCUT2D eigenvalue weighted by Gasteiger charge is -2.21. The molecule has 8 nitrogen and oxygen atoms in total. The van der Waals surface area contributed by atoms with Crippen molar-refractivity contribution in [3.05, 3.63) is 35.9 Å². The summed E-state index contributed by atoms with van der Waals surface area (Å²) in [6.45, 7) is 1.79. The summed E-state index contributed by atoms with van der Waals surface area (Å²) in [5.41, 5.74) is 0.320. The quantitative estimate of drug-likeness (QED) is 0.320. The van der Waals surface area contributed by atoms with Gasteiger partial charge in [0.2, 0.25) is 11.8 Å². The van der Waals surface area contributed by atoms with Crippen molar-refractivity contribution in [2.24, 2.45) is 11.8 Å². The number of nitrogens with zero attached hydrogens (tertiary/aromatic N) is 1. The topological polar surface area (TPSA) is 99.2 Å². The van der Waals surface area contributed by atoms with E-state index in [4.69, 9.17) is 14.2 Å². The molecule has 152 valence electrons. The zero-order valence-corrected chi connectivity index (χ0v) is 16.0. The van der Waals surface area contributed by atoms with E-state index in [1.165, 1.54) is 6.92 Å². The van der Waals surface area contributed by atoms with Gasteiger partial charge in [0.25, 0.3) is 0 Å². The van der Waals surface area contributed by atoms with E-state index in [-0.39, 0.29) is 11.8 Å². The van der Waals surface area contributed by atoms with Crippen LogP contribution in [0.2, 0.25) is 0 Å². The molecule has 3 atom stereocenters. The van der Waals surface area contributed by atoms with Gasteiger partial charge in [0.05, 0.1) is 11.8 Å². The van der Waals surface area contributed by atoms with E-state index in [9.17, 15) is 19.2 Å². The lowest BCUT2D eigenvalue weighted by atomic mass is 9.85. The van der Waals surface area contributed by atoms with Gasteiger partial charge in [-0.15, -0.1) is 0 Å². The maximum absolute atomic E-state index is 12.6. The minimum absolute atomic E-state index is 0.320. The van der Waals surface area contributed by atoms with Crippen LogP contribution >= 0.6 is 0 Å². The van der Waals surface area contributed by atoms with Gasteiger partial charge in [-0.05, 0) is 38.0 Å². The number of ether oxygens (including phenoxy) is 3. The number of Topliss-reactive ketones (excluding diaryl/α,β-unsaturated/α-hetero) is 1. The van der Waals surface area contributed by atoms with E-state index in [0.717, 1.165) is 4.90 Å². The first-order valence-corrected chi connectivity index (χ1v) is 9.58. The number of amides is 2. The Morgan fingerprint density at radius 2 is 1.69 bits per heavy atom. The number of fused-ring (bicyclic) bond motifs is 2. The van der Waals surface area contributed by atoms with E-state index < -0.39 is 36.2 Å². The summed E-state index contributed by atoms with van der Waals surface area (Å²) in [5.74, 6) is -1.72. The molecule has 0 N–H and O–H groups in total. The molecule has 0 bridgehead atoms. The number of likely N-dealkylation sites (tertiary alicyclic amines) is 1. The van der Waals surface area contributed by atoms with E-state index >= 15 is 0 Å². The lowest BCUT2D eigenvalue weighted by molar-refractivity contribution is -0.157. The highest BCUT2D eigenvalue weighted by Gasteiger charge is 2.50. The van der Waals surface area contributed by atoms with E-state index in [0.29, 0.717) is 43.1 Å². The number of carbonyl (C=O) groups is 4. The van der Waals surface area contributed by atoms with Gasteiger partial charge in [0, 0.05) is 5.56 Å². The zero-order chi connectivity index (χ0) is 20.5. The number of hydrogen-bond donors (Lipinski definition) is 0. The maximum Gasteiger partial charge on any atom is 0.329 e. The fourth-order valence-electron chi connectivity index (χ4n) is 3.87. The number of hydrogen-bond acceptors (Lipinski definition) is 7. The SMILES string of the molecule is C[C@@H](C(=O)OCC(=O)c1ccc2c(c1)OCCO2)N1C(=O)[C@@H]2CC=CC[C@H]2C1=O. The van der Waals surface area contributed by atoms with Gasteiger partial charge >= 0.3 is 5.97 Å². The predicted octanol–water partition coefficient (Wildman–Crippen LogP) is 1.52. The summed E-state index contributed by atoms with van der Waals surface area (Å²) >= 11 is 0. The van der Waals surface area contributed by atoms with Gasteiger partial charge in [-0.1, -0.05) is 12.2 Å². The van der Waals surface area contributed by atoms with Crippen LogP contribution in [-0.2, 0) is 19.1 Å². The molecule has 3 aliphatic rings. The Kier molecular flexibility index (Phi) is 5.08. The third kappa shape index (κ3) is 3.50. The maximum atomic E-state index is 12.6. The average molecular weight is 399 g/mol. The third-order valence-corrected chi connectivity index (χ3v) is 5.48. The number of imide groups is 1. The minimum atomic E-state index is -1.08. The smallest absolute Gasteiger partial charge is 0.329 e. The van der Waals surface area contributed by atoms with Crippen molar-refractivity contribution in [2.75, 3.05) is 19.8 Å². The summed E-state index contributed by atoms with van der Waals surface area (Å²) in [6.07, 6.45) is 4.75. The normalized spacial score (nSPS) is 23.6. The van der Waals surface area contributed by atoms with Gasteiger partial charge < -0.3 is 14.2 Å². The van der Waals surface area contributed by atoms with Crippen molar-refractivity contribution in [1.82, 2.24) is 4.90 Å². The van der Waals surface area contributed by atoms with E-state index in [2.05, 4.69) is 0 Å². The van der Waals surface area contributed by atoms with Gasteiger partial charge in [0.1, 0.15) is 19.3 Å². The number of carbonyl (C=O) groups excluding carboxylic acids is 4. The van der Waals surface area contributed by atoms with Crippen molar-refractivity contribution in [3.8, 4) is 11.5 Å². The highest BCUT2D eigenvalue weighted by molar-refractivity contribution is 6.08. The molecule has 0 radical (unpaired) electrons. The molecule has 1 fully saturated rings. The molecule has 29 heavy (non-hydrogen) atoms. The van der Waals surface area contributed by atoms with Crippen molar-refractivity contribution < 1.29 is 33.4 Å². The number of ketones is 1. The molecule has 0 saturated carbocycles. The fraction of sp³-hybridized carbons (Fsp3) is 0.429. The van der Waals surface area contributed by atoms with Crippen LogP contribution in [0.15, 0.2) is 30.4 Å². The van der Waals surface area contributed by atoms with Crippen molar-refractivity contribution >= 4 is 23.6 Å². The van der Waals surface area contributed by atoms with Gasteiger partial charge in [-0.25, -0.2) is 4.79 Å². The second kappa shape index (κ2) is 7.69. The van der Waals surface area contributed by atoms with Crippen molar-refractivity contribution in [3.63, 3.8) is 0 Å². The molecule has 1 aliphatic carbocycles. The molecular formula is C21H21NO7. The van der Waals surface area contributed by atoms with Gasteiger partial charge in [-0.3, -0.25) is 19.3 Å². The van der Waals surface area contributed by atoms with Crippen LogP contribution < -0.4 is 9.47 Å². The summed E-state index contributed by atoms with van der Waals surface area (Å²) < 4.78 is 16.0. The Bertz CT molecular complexity index is 880. The highest BCUT2D eigenvalue weighted by atomic mass is 16.6. The van der Waals surface area contributed by atoms with Crippen LogP contribution in [0.3, 0.4) is 0 Å². The Hall–Kier alpha value is -3.16. The Morgan fingerprint density at radius 1 is 1.07 bits per heavy atom. The molecule has 1 aromatic rings. The second-order valence-electron chi connectivity index (χ2n) is 7.27. The van der Waals surface area contributed by atoms with Crippen LogP contribution in [0, 0.1) is 11.8 Å². The summed E-state index contributed by atoms with van der Waals surface area (Å²) in [7, 11) is 0. The molecular weight excluding hydrogens is 378 g/mol. The van der Waals surface area contributed by atoms with Crippen molar-refractivity contribution in [2.45, 2.75) is 25.8 Å². The molecule has 0 aromatic heterocycles. The molecule has 2 heterocycles. The number of esters is 1. The highest BCUT2D eigenvalue weighted by Crippen LogP contribution is 2.36. The van der Waals surface area contributed by atoms with Crippen LogP contribution in [0.5, 0.6) is 11.5 Å². The van der Waals surface area contributed by atoms with E-state index in [1.54, 1.807) is 18.2 Å². The molecule has 0 spiro atoms. The standard InChI is InChI=1S/C21H21NO7/c1-12(22-19(24)14-4-2-3-5-15(14)20(22)25)21(26)29-11-16(23)13-6-7-17-18(10-13)28-9-8-27-17/h2-3,6-7,10,12,14-15H,4-5,8-9,11H2,1H3/t12-,14+,15+/m0/s1. The largest absolute Gasteiger partial charge is 0.486 e. The third-order valence-electron chi connectivity index (χ3n) is 5.48. The molecule has 2 aliphatic heterocycles. The van der Waals surface area contributed by atoms with Crippen LogP contribution in [0.1, 0.15) is 30.1 Å². The zero-order valence-electron chi connectivity index (χ0n) is 16.0. The molecule has 0 unspecified atom stereocenters. The molecule has 1 aromatic carbocycles. The number of benzene rings is 1. The molecule has 8 heteroatoms. The number of allylic oxidation sites excluding steroid dienone is 2. The first-order valence-electron chi connectivity index (χ1n) is 9.58. The van der Waals surface area contributed by atoms with Crippen LogP contribution in [0.4, 0.5) is 0 Å². The predicted molar refractivity (Wildman–Crippen MR) is 99.4 cm³/mol. The Labute approximate surface area is 167 Å². The van der Waals surface area contributed by atoms with Gasteiger partial charge in [-0.2, -0.15) is 0 Å². The first-order chi connectivity index (χ1) is 14.0. The molecule has 4 rings (SSSR count). The Balaban J connectivity index is 1.37. The first kappa shape index (κ1) is 19.2. The average Bonchev–Trinajstić information content (AvgIpc) is 3.01. The monoisotopic (exact) mass is 399 g/mol. The summed E-state index contributed by atoms with van der Waals surface area (Å²) in [5, 5.41) is 0.